The van der Waals surface area contributed by atoms with Gasteiger partial charge in [0, 0.05) is 56.2 Å². The van der Waals surface area contributed by atoms with E-state index in [-0.39, 0.29) is 0 Å². The molecule has 0 amide bonds. The highest BCUT2D eigenvalue weighted by atomic mass is 35.5. The number of guanidine groups is 1. The molecule has 2 aromatic rings. The number of rotatable bonds is 7. The monoisotopic (exact) mass is 413 g/mol. The molecule has 0 aliphatic carbocycles. The standard InChI is InChI=1S/C23H32ClN5/c1-3-26-23(27-13-9-20-8-12-25-16-18(20)2)28-22-10-14-29(15-11-22)17-19-4-6-21(24)7-5-19/h4-8,12,16,22H,3,9-11,13-15,17H2,1-2H3,(H2,26,27,28). The summed E-state index contributed by atoms with van der Waals surface area (Å²) in [5, 5.41) is 7.82. The minimum absolute atomic E-state index is 0.469. The summed E-state index contributed by atoms with van der Waals surface area (Å²) < 4.78 is 0. The Bertz CT molecular complexity index is 782. The number of likely N-dealkylation sites (tertiary alicyclic amines) is 1. The zero-order chi connectivity index (χ0) is 20.5. The van der Waals surface area contributed by atoms with Crippen LogP contribution in [-0.2, 0) is 13.0 Å². The fourth-order valence-electron chi connectivity index (χ4n) is 3.67. The molecule has 0 radical (unpaired) electrons. The third kappa shape index (κ3) is 7.02. The quantitative estimate of drug-likeness (QED) is 0.535. The number of aliphatic imine (C=N–C) groups is 1. The van der Waals surface area contributed by atoms with Gasteiger partial charge in [0.25, 0.3) is 0 Å². The van der Waals surface area contributed by atoms with Gasteiger partial charge in [-0.3, -0.25) is 14.9 Å². The van der Waals surface area contributed by atoms with Crippen LogP contribution in [0, 0.1) is 6.92 Å². The van der Waals surface area contributed by atoms with Gasteiger partial charge in [0.2, 0.25) is 0 Å². The average Bonchev–Trinajstić information content (AvgIpc) is 2.73. The van der Waals surface area contributed by atoms with Crippen molar-refractivity contribution in [3.63, 3.8) is 0 Å². The molecule has 1 saturated heterocycles. The highest BCUT2D eigenvalue weighted by Gasteiger charge is 2.20. The number of hydrogen-bond donors (Lipinski definition) is 2. The molecule has 1 fully saturated rings. The fraction of sp³-hybridized carbons (Fsp3) is 0.478. The van der Waals surface area contributed by atoms with Crippen molar-refractivity contribution in [3.8, 4) is 0 Å². The molecular formula is C23H32ClN5. The minimum Gasteiger partial charge on any atom is -0.357 e. The van der Waals surface area contributed by atoms with Gasteiger partial charge in [-0.2, -0.15) is 0 Å². The molecule has 0 atom stereocenters. The van der Waals surface area contributed by atoms with Crippen molar-refractivity contribution in [1.29, 1.82) is 0 Å². The third-order valence-electron chi connectivity index (χ3n) is 5.38. The van der Waals surface area contributed by atoms with E-state index in [0.29, 0.717) is 6.04 Å². The van der Waals surface area contributed by atoms with Gasteiger partial charge < -0.3 is 10.6 Å². The number of pyridine rings is 1. The van der Waals surface area contributed by atoms with Crippen molar-refractivity contribution in [3.05, 3.63) is 64.4 Å². The second-order valence-electron chi connectivity index (χ2n) is 7.63. The predicted octanol–water partition coefficient (Wildman–Crippen LogP) is 3.81. The van der Waals surface area contributed by atoms with Crippen LogP contribution < -0.4 is 10.6 Å². The lowest BCUT2D eigenvalue weighted by atomic mass is 10.0. The summed E-state index contributed by atoms with van der Waals surface area (Å²) in [6, 6.07) is 10.7. The van der Waals surface area contributed by atoms with Gasteiger partial charge >= 0.3 is 0 Å². The van der Waals surface area contributed by atoms with Gasteiger partial charge in [-0.1, -0.05) is 23.7 Å². The summed E-state index contributed by atoms with van der Waals surface area (Å²) >= 11 is 5.98. The minimum atomic E-state index is 0.469. The van der Waals surface area contributed by atoms with Crippen molar-refractivity contribution in [2.24, 2.45) is 4.99 Å². The van der Waals surface area contributed by atoms with E-state index in [4.69, 9.17) is 16.6 Å². The van der Waals surface area contributed by atoms with Gasteiger partial charge in [-0.25, -0.2) is 0 Å². The molecular weight excluding hydrogens is 382 g/mol. The predicted molar refractivity (Wildman–Crippen MR) is 122 cm³/mol. The summed E-state index contributed by atoms with van der Waals surface area (Å²) in [7, 11) is 0. The average molecular weight is 414 g/mol. The van der Waals surface area contributed by atoms with Crippen molar-refractivity contribution in [1.82, 2.24) is 20.5 Å². The maximum absolute atomic E-state index is 5.98. The Balaban J connectivity index is 1.46. The molecule has 2 N–H and O–H groups in total. The first-order chi connectivity index (χ1) is 14.1. The number of halogens is 1. The van der Waals surface area contributed by atoms with Gasteiger partial charge in [-0.05, 0) is 68.0 Å². The summed E-state index contributed by atoms with van der Waals surface area (Å²) in [6.45, 7) is 9.03. The van der Waals surface area contributed by atoms with Crippen LogP contribution in [-0.4, -0.2) is 48.1 Å². The number of hydrogen-bond acceptors (Lipinski definition) is 3. The molecule has 1 aliphatic heterocycles. The summed E-state index contributed by atoms with van der Waals surface area (Å²) in [5.41, 5.74) is 3.87. The molecule has 1 aromatic heterocycles. The normalized spacial score (nSPS) is 16.0. The Morgan fingerprint density at radius 2 is 1.97 bits per heavy atom. The number of nitrogens with zero attached hydrogens (tertiary/aromatic N) is 3. The Morgan fingerprint density at radius 3 is 2.66 bits per heavy atom. The van der Waals surface area contributed by atoms with E-state index < -0.39 is 0 Å². The molecule has 29 heavy (non-hydrogen) atoms. The van der Waals surface area contributed by atoms with Crippen LogP contribution in [0.2, 0.25) is 5.02 Å². The van der Waals surface area contributed by atoms with Crippen LogP contribution >= 0.6 is 11.6 Å². The molecule has 2 heterocycles. The van der Waals surface area contributed by atoms with E-state index in [9.17, 15) is 0 Å². The first kappa shape index (κ1) is 21.6. The van der Waals surface area contributed by atoms with E-state index in [2.05, 4.69) is 52.6 Å². The van der Waals surface area contributed by atoms with Gasteiger partial charge in [0.05, 0.1) is 0 Å². The van der Waals surface area contributed by atoms with Crippen molar-refractivity contribution in [2.75, 3.05) is 26.2 Å². The van der Waals surface area contributed by atoms with Crippen LogP contribution in [0.3, 0.4) is 0 Å². The maximum atomic E-state index is 5.98. The Labute approximate surface area is 179 Å². The van der Waals surface area contributed by atoms with Crippen LogP contribution in [0.15, 0.2) is 47.7 Å². The van der Waals surface area contributed by atoms with Crippen LogP contribution in [0.5, 0.6) is 0 Å². The van der Waals surface area contributed by atoms with E-state index in [0.717, 1.165) is 63.0 Å². The topological polar surface area (TPSA) is 52.6 Å². The van der Waals surface area contributed by atoms with Gasteiger partial charge in [0.1, 0.15) is 0 Å². The van der Waals surface area contributed by atoms with Crippen LogP contribution in [0.1, 0.15) is 36.5 Å². The Hall–Kier alpha value is -2.11. The SMILES string of the molecule is CCNC(=NCCc1ccncc1C)NC1CCN(Cc2ccc(Cl)cc2)CC1. The number of aromatic nitrogens is 1. The third-order valence-corrected chi connectivity index (χ3v) is 5.63. The van der Waals surface area contributed by atoms with Crippen molar-refractivity contribution < 1.29 is 0 Å². The first-order valence-corrected chi connectivity index (χ1v) is 10.9. The number of aryl methyl sites for hydroxylation is 1. The highest BCUT2D eigenvalue weighted by Crippen LogP contribution is 2.16. The van der Waals surface area contributed by atoms with Crippen LogP contribution in [0.4, 0.5) is 0 Å². The van der Waals surface area contributed by atoms with E-state index in [1.165, 1.54) is 16.7 Å². The zero-order valence-corrected chi connectivity index (χ0v) is 18.3. The number of nitrogens with one attached hydrogen (secondary N) is 2. The second-order valence-corrected chi connectivity index (χ2v) is 8.07. The van der Waals surface area contributed by atoms with E-state index in [1.807, 2.05) is 24.5 Å². The lowest BCUT2D eigenvalue weighted by Crippen LogP contribution is -2.48. The molecule has 3 rings (SSSR count). The lowest BCUT2D eigenvalue weighted by Gasteiger charge is -2.33. The first-order valence-electron chi connectivity index (χ1n) is 10.5. The highest BCUT2D eigenvalue weighted by molar-refractivity contribution is 6.30. The molecule has 5 nitrogen and oxygen atoms in total. The summed E-state index contributed by atoms with van der Waals surface area (Å²) in [4.78, 5) is 11.5. The molecule has 0 unspecified atom stereocenters. The maximum Gasteiger partial charge on any atom is 0.191 e. The smallest absolute Gasteiger partial charge is 0.191 e. The fourth-order valence-corrected chi connectivity index (χ4v) is 3.79. The molecule has 6 heteroatoms. The largest absolute Gasteiger partial charge is 0.357 e. The van der Waals surface area contributed by atoms with E-state index in [1.54, 1.807) is 0 Å². The zero-order valence-electron chi connectivity index (χ0n) is 17.5. The van der Waals surface area contributed by atoms with Crippen molar-refractivity contribution in [2.45, 2.75) is 45.7 Å². The van der Waals surface area contributed by atoms with E-state index >= 15 is 0 Å². The van der Waals surface area contributed by atoms with Crippen molar-refractivity contribution >= 4 is 17.6 Å². The molecule has 0 spiro atoms. The summed E-state index contributed by atoms with van der Waals surface area (Å²) in [6.07, 6.45) is 6.96. The summed E-state index contributed by atoms with van der Waals surface area (Å²) in [5.74, 6) is 0.926. The molecule has 0 saturated carbocycles. The second kappa shape index (κ2) is 11.2. The number of piperidine rings is 1. The van der Waals surface area contributed by atoms with Gasteiger partial charge in [-0.15, -0.1) is 0 Å². The Morgan fingerprint density at radius 1 is 1.21 bits per heavy atom. The Kier molecular flexibility index (Phi) is 8.32. The number of benzene rings is 1. The van der Waals surface area contributed by atoms with Crippen LogP contribution in [0.25, 0.3) is 0 Å². The molecule has 1 aliphatic rings. The molecule has 0 bridgehead atoms. The molecule has 156 valence electrons. The lowest BCUT2D eigenvalue weighted by molar-refractivity contribution is 0.198. The molecule has 1 aromatic carbocycles. The van der Waals surface area contributed by atoms with Gasteiger partial charge in [0.15, 0.2) is 5.96 Å².